The number of hydrogen-bond acceptors (Lipinski definition) is 17. The first-order valence-electron chi connectivity index (χ1n) is 50.9. The normalized spacial score (nSPS) is 24.9. The number of phenolic OH excluding ortho intramolecular Hbond substituents is 8. The Hall–Kier alpha value is -9.86. The summed E-state index contributed by atoms with van der Waals surface area (Å²) in [6.07, 6.45) is 43.3. The van der Waals surface area contributed by atoms with Gasteiger partial charge < -0.3 is 40.9 Å². The molecule has 0 radical (unpaired) electrons. The smallest absolute Gasteiger partial charge is 0.124 e. The molecule has 0 saturated heterocycles. The van der Waals surface area contributed by atoms with E-state index in [0.29, 0.717) is 168 Å². The van der Waals surface area contributed by atoms with Crippen LogP contribution in [0.25, 0.3) is 0 Å². The van der Waals surface area contributed by atoms with Gasteiger partial charge in [0.25, 0.3) is 0 Å². The number of rotatable bonds is 16. The summed E-state index contributed by atoms with van der Waals surface area (Å²) in [5.41, 5.74) is 33.2. The van der Waals surface area contributed by atoms with Crippen LogP contribution in [0.15, 0.2) is 214 Å². The van der Waals surface area contributed by atoms with Crippen molar-refractivity contribution >= 4 is 145 Å². The molecule has 28 rings (SSSR count). The molecule has 12 aromatic rings. The number of hydrogen-bond donors (Lipinski definition) is 8. The van der Waals surface area contributed by atoms with E-state index < -0.39 is 0 Å². The Morgan fingerprint density at radius 2 is 0.414 bits per heavy atom. The summed E-state index contributed by atoms with van der Waals surface area (Å²) in [5, 5.41) is 95.2. The van der Waals surface area contributed by atoms with E-state index in [1.807, 2.05) is 91.0 Å². The molecule has 0 heterocycles. The minimum atomic E-state index is 0. The van der Waals surface area contributed by atoms with Crippen molar-refractivity contribution in [3.05, 3.63) is 322 Å². The first-order valence-corrected chi connectivity index (χ1v) is 53.1. The number of phenols is 8. The quantitative estimate of drug-likeness (QED) is 0.0337. The predicted octanol–water partition coefficient (Wildman–Crippen LogP) is 31.2. The van der Waals surface area contributed by atoms with Crippen LogP contribution in [0, 0.1) is 14.9 Å². The van der Waals surface area contributed by atoms with E-state index in [4.69, 9.17) is 31.6 Å². The Kier molecular flexibility index (Phi) is 29.0. The van der Waals surface area contributed by atoms with Crippen molar-refractivity contribution in [2.24, 2.45) is 39.9 Å². The van der Waals surface area contributed by atoms with Gasteiger partial charge in [-0.1, -0.05) is 27.5 Å². The molecule has 0 spiro atoms. The molecule has 16 atom stereocenters. The number of benzene rings is 12. The Labute approximate surface area is 929 Å². The maximum atomic E-state index is 10.7. The van der Waals surface area contributed by atoms with Crippen LogP contribution in [-0.4, -0.2) is 90.6 Å². The van der Waals surface area contributed by atoms with Gasteiger partial charge in [-0.3, -0.25) is 39.9 Å². The van der Waals surface area contributed by atoms with Gasteiger partial charge in [-0.2, -0.15) is 5.26 Å². The SMILES string of the molecule is N#Cc1ccc(N=Cc2cc3c(cc2O)C2CCC3C2)c(N=Cc2cc3c(cc2O)C2CCC3C2)c1.Oc1cc2c(cc1C=Nc1ccc(Br)cc1N=Cc1cc3c(cc1O)C1CCC3C1)C1CCC2C1.Oc1cc2c(cc1C=Nc1ccc(Cl)cc1N=Cc1cc3c(cc1O)C1CCC3C1)C1CCC2C1.Oc1cc2c(cc1C=Nc1ccc(I)cc1N=Cc1cc3c(cc1O)C1CCC3C1)C1CCC2C1.[Pt].[Pt].[Pt].[Pt]. The third-order valence-electron chi connectivity index (χ3n) is 35.0. The molecule has 16 aliphatic rings. The van der Waals surface area contributed by atoms with Crippen molar-refractivity contribution in [3.63, 3.8) is 0 Å². The third-order valence-corrected chi connectivity index (χ3v) is 36.4. The average Bonchev–Trinajstić information content (AvgIpc) is 1.65. The van der Waals surface area contributed by atoms with Gasteiger partial charge in [-0.15, -0.1) is 0 Å². The van der Waals surface area contributed by atoms with Crippen LogP contribution in [0.1, 0.15) is 388 Å². The summed E-state index contributed by atoms with van der Waals surface area (Å²) in [5.74, 6) is 12.0. The molecule has 8 N–H and O–H groups in total. The summed E-state index contributed by atoms with van der Waals surface area (Å²) in [6, 6.07) is 56.9. The van der Waals surface area contributed by atoms with E-state index >= 15 is 0 Å². The zero-order valence-corrected chi connectivity index (χ0v) is 93.1. The molecule has 0 amide bonds. The van der Waals surface area contributed by atoms with Gasteiger partial charge in [0.2, 0.25) is 0 Å². The summed E-state index contributed by atoms with van der Waals surface area (Å²) in [7, 11) is 0. The van der Waals surface area contributed by atoms with Gasteiger partial charge in [0.15, 0.2) is 0 Å². The molecule has 17 nitrogen and oxygen atoms in total. The average molecular weight is 2840 g/mol. The Morgan fingerprint density at radius 3 is 0.641 bits per heavy atom. The van der Waals surface area contributed by atoms with Gasteiger partial charge >= 0.3 is 0 Å². The number of halogens is 3. The second-order valence-corrected chi connectivity index (χ2v) is 45.4. The summed E-state index contributed by atoms with van der Waals surface area (Å²) < 4.78 is 1.98. The minimum Gasteiger partial charge on any atom is -0.507 e. The standard InChI is InChI=1S/C31H27N3O2.C30H27BrN2O2.C30H27ClN2O2.C30H27IN2O2.4Pt/c32-14-17-1-6-28(33-15-22-10-24-18-2-4-20(8-18)26(24)12-30(22)35)29(7-17)34-16-23-11-25-19-3-5-21(9-19)27(25)13-31(23)36;3*31-22-5-6-27(32-14-20-9-23-16-1-3-18(7-16)25(23)12-29(20)34)28(11-22)33-15-21-10-24-17-2-4-19(8-17)26(24)13-30(21)35;;;;/h1,6-7,10-13,15-16,18-21,35-36H,2-5,8-9H2;3*5-6,9-19,34-35H,1-4,7-8H2;;;;. The third kappa shape index (κ3) is 19.3. The molecule has 12 aromatic carbocycles. The summed E-state index contributed by atoms with van der Waals surface area (Å²) in [6.45, 7) is 0. The molecular weight excluding hydrogens is 2730 g/mol. The van der Waals surface area contributed by atoms with Crippen LogP contribution >= 0.6 is 50.1 Å². The number of aliphatic imine (C=N–C) groups is 8. The van der Waals surface area contributed by atoms with Crippen molar-refractivity contribution in [1.29, 1.82) is 5.26 Å². The van der Waals surface area contributed by atoms with Crippen molar-refractivity contribution in [2.75, 3.05) is 0 Å². The number of nitrogens with zero attached hydrogens (tertiary/aromatic N) is 9. The molecule has 16 aliphatic carbocycles. The fourth-order valence-electron chi connectivity index (χ4n) is 28.0. The van der Waals surface area contributed by atoms with Crippen LogP contribution in [0.5, 0.6) is 46.0 Å². The Morgan fingerprint density at radius 1 is 0.234 bits per heavy atom. The molecule has 8 saturated carbocycles. The molecule has 746 valence electrons. The van der Waals surface area contributed by atoms with Crippen LogP contribution in [-0.2, 0) is 84.3 Å². The van der Waals surface area contributed by atoms with E-state index in [-0.39, 0.29) is 113 Å². The summed E-state index contributed by atoms with van der Waals surface area (Å²) >= 11 is 12.1. The van der Waals surface area contributed by atoms with E-state index in [9.17, 15) is 46.1 Å². The van der Waals surface area contributed by atoms with Crippen molar-refractivity contribution in [1.82, 2.24) is 0 Å². The van der Waals surface area contributed by atoms with Gasteiger partial charge in [0.1, 0.15) is 46.0 Å². The van der Waals surface area contributed by atoms with Crippen LogP contribution in [0.3, 0.4) is 0 Å². The van der Waals surface area contributed by atoms with E-state index in [1.165, 1.54) is 243 Å². The molecule has 24 heteroatoms. The molecule has 0 aliphatic heterocycles. The maximum Gasteiger partial charge on any atom is 0.124 e. The fraction of sp³-hybridized carbons (Fsp3) is 0.331. The van der Waals surface area contributed by atoms with E-state index in [2.05, 4.69) is 113 Å². The van der Waals surface area contributed by atoms with E-state index in [1.54, 1.807) is 80.0 Å². The van der Waals surface area contributed by atoms with E-state index in [0.717, 1.165) is 52.8 Å². The monoisotopic (exact) mass is 2840 g/mol. The van der Waals surface area contributed by atoms with Gasteiger partial charge in [0.05, 0.1) is 57.1 Å². The molecule has 16 unspecified atom stereocenters. The summed E-state index contributed by atoms with van der Waals surface area (Å²) in [4.78, 5) is 37.5. The van der Waals surface area contributed by atoms with Crippen molar-refractivity contribution in [3.8, 4) is 52.1 Å². The second-order valence-electron chi connectivity index (χ2n) is 42.8. The largest absolute Gasteiger partial charge is 0.507 e. The maximum absolute atomic E-state index is 10.7. The number of nitriles is 1. The molecule has 16 bridgehead atoms. The fourth-order valence-corrected chi connectivity index (χ4v) is 29.0. The minimum absolute atomic E-state index is 0. The molecule has 8 fully saturated rings. The number of fused-ring (bicyclic) bond motifs is 40. The topological polar surface area (TPSA) is 285 Å². The predicted molar refractivity (Wildman–Crippen MR) is 573 cm³/mol. The van der Waals surface area contributed by atoms with Crippen molar-refractivity contribution < 1.29 is 125 Å². The second kappa shape index (κ2) is 41.6. The zero-order chi connectivity index (χ0) is 95.4. The Balaban J connectivity index is 0.000000113. The number of aromatic hydroxyl groups is 8. The van der Waals surface area contributed by atoms with Gasteiger partial charge in [0, 0.05) is 192 Å². The van der Waals surface area contributed by atoms with Crippen LogP contribution in [0.2, 0.25) is 5.02 Å². The first kappa shape index (κ1) is 101. The van der Waals surface area contributed by atoms with Crippen molar-refractivity contribution in [2.45, 2.75) is 249 Å². The van der Waals surface area contributed by atoms with Gasteiger partial charge in [-0.05, 0) is 530 Å². The molecule has 145 heavy (non-hydrogen) atoms. The molecule has 0 aromatic heterocycles. The van der Waals surface area contributed by atoms with Gasteiger partial charge in [-0.25, -0.2) is 0 Å². The molecular formula is C121H108BrClIN9O8Pt4. The zero-order valence-electron chi connectivity index (χ0n) is 79.5. The van der Waals surface area contributed by atoms with Crippen LogP contribution in [0.4, 0.5) is 45.5 Å². The first-order chi connectivity index (χ1) is 68.7. The Bertz CT molecular complexity index is 7070. The van der Waals surface area contributed by atoms with Crippen LogP contribution < -0.4 is 0 Å².